The molecule has 28 heavy (non-hydrogen) atoms. The molecule has 8 heteroatoms. The third-order valence-electron chi connectivity index (χ3n) is 5.03. The van der Waals surface area contributed by atoms with Crippen LogP contribution >= 0.6 is 11.3 Å². The van der Waals surface area contributed by atoms with Gasteiger partial charge in [0, 0.05) is 25.0 Å². The lowest BCUT2D eigenvalue weighted by Gasteiger charge is -2.31. The number of hydrogen-bond acceptors (Lipinski definition) is 5. The summed E-state index contributed by atoms with van der Waals surface area (Å²) in [7, 11) is -2.00. The second-order valence-corrected chi connectivity index (χ2v) is 9.82. The molecule has 1 aliphatic rings. The molecule has 0 bridgehead atoms. The van der Waals surface area contributed by atoms with Crippen molar-refractivity contribution >= 4 is 27.3 Å². The van der Waals surface area contributed by atoms with Crippen molar-refractivity contribution in [2.24, 2.45) is 5.92 Å². The molecular formula is C20H26N2O4S2. The van der Waals surface area contributed by atoms with Crippen LogP contribution < -0.4 is 10.1 Å². The number of carbonyl (C=O) groups is 1. The Balaban J connectivity index is 1.53. The highest BCUT2D eigenvalue weighted by molar-refractivity contribution is 7.89. The quantitative estimate of drug-likeness (QED) is 0.744. The van der Waals surface area contributed by atoms with Gasteiger partial charge in [-0.15, -0.1) is 0 Å². The summed E-state index contributed by atoms with van der Waals surface area (Å²) < 4.78 is 32.2. The lowest BCUT2D eigenvalue weighted by atomic mass is 9.96. The van der Waals surface area contributed by atoms with E-state index in [0.717, 1.165) is 6.42 Å². The number of hydrogen-bond donors (Lipinski definition) is 1. The molecule has 1 fully saturated rings. The molecule has 6 nitrogen and oxygen atoms in total. The molecule has 0 aliphatic carbocycles. The fourth-order valence-corrected chi connectivity index (χ4v) is 5.58. The zero-order valence-corrected chi connectivity index (χ0v) is 17.8. The number of rotatable bonds is 7. The molecule has 0 spiro atoms. The Bertz CT molecular complexity index is 871. The van der Waals surface area contributed by atoms with Crippen molar-refractivity contribution in [1.82, 2.24) is 9.62 Å². The molecule has 1 aromatic carbocycles. The standard InChI is InChI=1S/C20H26N2O4S2/c1-15(13-16-9-12-27-14-16)21-20(23)17-7-10-22(11-8-17)28(24,25)19-5-3-18(26-2)4-6-19/h3-6,9,12,14-15,17H,7-8,10-11,13H2,1-2H3,(H,21,23). The maximum atomic E-state index is 12.8. The van der Waals surface area contributed by atoms with E-state index in [0.29, 0.717) is 31.7 Å². The van der Waals surface area contributed by atoms with Crippen LogP contribution in [0.5, 0.6) is 5.75 Å². The highest BCUT2D eigenvalue weighted by atomic mass is 32.2. The van der Waals surface area contributed by atoms with Gasteiger partial charge in [-0.1, -0.05) is 0 Å². The van der Waals surface area contributed by atoms with E-state index in [-0.39, 0.29) is 22.8 Å². The van der Waals surface area contributed by atoms with Gasteiger partial charge in [-0.25, -0.2) is 8.42 Å². The minimum atomic E-state index is -3.55. The molecule has 1 atom stereocenters. The Labute approximate surface area is 170 Å². The summed E-state index contributed by atoms with van der Waals surface area (Å²) in [6.07, 6.45) is 1.87. The summed E-state index contributed by atoms with van der Waals surface area (Å²) in [6.45, 7) is 2.70. The zero-order chi connectivity index (χ0) is 20.1. The van der Waals surface area contributed by atoms with E-state index >= 15 is 0 Å². The minimum absolute atomic E-state index is 0.0178. The minimum Gasteiger partial charge on any atom is -0.497 e. The third kappa shape index (κ3) is 4.92. The van der Waals surface area contributed by atoms with Crippen LogP contribution in [-0.2, 0) is 21.2 Å². The van der Waals surface area contributed by atoms with Crippen molar-refractivity contribution in [3.05, 3.63) is 46.7 Å². The molecule has 0 saturated carbocycles. The largest absolute Gasteiger partial charge is 0.497 e. The maximum absolute atomic E-state index is 12.8. The van der Waals surface area contributed by atoms with Crippen LogP contribution in [0.3, 0.4) is 0 Å². The highest BCUT2D eigenvalue weighted by Crippen LogP contribution is 2.25. The first-order valence-corrected chi connectivity index (χ1v) is 11.7. The summed E-state index contributed by atoms with van der Waals surface area (Å²) in [6, 6.07) is 8.51. The molecule has 1 amide bonds. The second-order valence-electron chi connectivity index (χ2n) is 7.10. The summed E-state index contributed by atoms with van der Waals surface area (Å²) in [4.78, 5) is 12.8. The van der Waals surface area contributed by atoms with Gasteiger partial charge in [0.15, 0.2) is 0 Å². The lowest BCUT2D eigenvalue weighted by molar-refractivity contribution is -0.126. The molecule has 1 saturated heterocycles. The van der Waals surface area contributed by atoms with Crippen LogP contribution in [0, 0.1) is 5.92 Å². The number of ether oxygens (including phenoxy) is 1. The summed E-state index contributed by atoms with van der Waals surface area (Å²) in [5.41, 5.74) is 1.22. The fraction of sp³-hybridized carbons (Fsp3) is 0.450. The molecule has 0 radical (unpaired) electrons. The van der Waals surface area contributed by atoms with E-state index in [4.69, 9.17) is 4.74 Å². The number of benzene rings is 1. The molecule has 152 valence electrons. The van der Waals surface area contributed by atoms with Crippen LogP contribution in [-0.4, -0.2) is 44.9 Å². The third-order valence-corrected chi connectivity index (χ3v) is 7.68. The maximum Gasteiger partial charge on any atom is 0.243 e. The average Bonchev–Trinajstić information content (AvgIpc) is 3.21. The zero-order valence-electron chi connectivity index (χ0n) is 16.1. The molecule has 3 rings (SSSR count). The van der Waals surface area contributed by atoms with Crippen LogP contribution in [0.1, 0.15) is 25.3 Å². The van der Waals surface area contributed by atoms with E-state index in [2.05, 4.69) is 16.8 Å². The normalized spacial score (nSPS) is 17.2. The topological polar surface area (TPSA) is 75.7 Å². The fourth-order valence-electron chi connectivity index (χ4n) is 3.43. The predicted molar refractivity (Wildman–Crippen MR) is 110 cm³/mol. The molecule has 1 N–H and O–H groups in total. The van der Waals surface area contributed by atoms with Gasteiger partial charge < -0.3 is 10.1 Å². The SMILES string of the molecule is COc1ccc(S(=O)(=O)N2CCC(C(=O)NC(C)Cc3ccsc3)CC2)cc1. The summed E-state index contributed by atoms with van der Waals surface area (Å²) in [5.74, 6) is 0.488. The van der Waals surface area contributed by atoms with Crippen LogP contribution in [0.15, 0.2) is 46.0 Å². The smallest absolute Gasteiger partial charge is 0.243 e. The number of thiophene rings is 1. The summed E-state index contributed by atoms with van der Waals surface area (Å²) in [5, 5.41) is 7.19. The molecule has 1 unspecified atom stereocenters. The Kier molecular flexibility index (Phi) is 6.74. The first kappa shape index (κ1) is 20.8. The highest BCUT2D eigenvalue weighted by Gasteiger charge is 2.32. The molecule has 2 heterocycles. The van der Waals surface area contributed by atoms with Gasteiger partial charge in [0.25, 0.3) is 0 Å². The molecule has 1 aliphatic heterocycles. The Morgan fingerprint density at radius 3 is 2.50 bits per heavy atom. The number of carbonyl (C=O) groups excluding carboxylic acids is 1. The molecule has 1 aromatic heterocycles. The van der Waals surface area contributed by atoms with E-state index in [1.807, 2.05) is 12.3 Å². The van der Waals surface area contributed by atoms with Crippen molar-refractivity contribution in [3.63, 3.8) is 0 Å². The van der Waals surface area contributed by atoms with Crippen LogP contribution in [0.25, 0.3) is 0 Å². The molecule has 2 aromatic rings. The van der Waals surface area contributed by atoms with Crippen molar-refractivity contribution < 1.29 is 17.9 Å². The predicted octanol–water partition coefficient (Wildman–Crippen LogP) is 2.90. The van der Waals surface area contributed by atoms with Crippen molar-refractivity contribution in [3.8, 4) is 5.75 Å². The lowest BCUT2D eigenvalue weighted by Crippen LogP contribution is -2.45. The first-order chi connectivity index (χ1) is 13.4. The van der Waals surface area contributed by atoms with Gasteiger partial charge in [0.05, 0.1) is 12.0 Å². The number of amides is 1. The van der Waals surface area contributed by atoms with Gasteiger partial charge in [0.1, 0.15) is 5.75 Å². The second kappa shape index (κ2) is 9.07. The number of sulfonamides is 1. The van der Waals surface area contributed by atoms with Crippen molar-refractivity contribution in [2.45, 2.75) is 37.1 Å². The average molecular weight is 423 g/mol. The van der Waals surface area contributed by atoms with Gasteiger partial charge >= 0.3 is 0 Å². The Morgan fingerprint density at radius 1 is 1.25 bits per heavy atom. The molecular weight excluding hydrogens is 396 g/mol. The number of nitrogens with one attached hydrogen (secondary N) is 1. The van der Waals surface area contributed by atoms with E-state index < -0.39 is 10.0 Å². The number of piperidine rings is 1. The van der Waals surface area contributed by atoms with Gasteiger partial charge in [-0.2, -0.15) is 15.6 Å². The number of nitrogens with zero attached hydrogens (tertiary/aromatic N) is 1. The van der Waals surface area contributed by atoms with Crippen molar-refractivity contribution in [1.29, 1.82) is 0 Å². The van der Waals surface area contributed by atoms with Gasteiger partial charge in [0.2, 0.25) is 15.9 Å². The van der Waals surface area contributed by atoms with Gasteiger partial charge in [-0.05, 0) is 72.8 Å². The monoisotopic (exact) mass is 422 g/mol. The number of methoxy groups -OCH3 is 1. The van der Waals surface area contributed by atoms with Crippen LogP contribution in [0.2, 0.25) is 0 Å². The van der Waals surface area contributed by atoms with Crippen LogP contribution in [0.4, 0.5) is 0 Å². The Morgan fingerprint density at radius 2 is 1.93 bits per heavy atom. The Hall–Kier alpha value is -1.90. The first-order valence-electron chi connectivity index (χ1n) is 9.36. The van der Waals surface area contributed by atoms with E-state index in [1.54, 1.807) is 42.7 Å². The summed E-state index contributed by atoms with van der Waals surface area (Å²) >= 11 is 1.65. The van der Waals surface area contributed by atoms with Crippen molar-refractivity contribution in [2.75, 3.05) is 20.2 Å². The van der Waals surface area contributed by atoms with E-state index in [9.17, 15) is 13.2 Å². The van der Waals surface area contributed by atoms with Gasteiger partial charge in [-0.3, -0.25) is 4.79 Å². The van der Waals surface area contributed by atoms with E-state index in [1.165, 1.54) is 9.87 Å².